The van der Waals surface area contributed by atoms with Gasteiger partial charge in [0.15, 0.2) is 0 Å². The normalized spacial score (nSPS) is 14.9. The number of carbonyl (C=O) groups is 1. The second kappa shape index (κ2) is 9.56. The third-order valence-electron chi connectivity index (χ3n) is 6.32. The van der Waals surface area contributed by atoms with Gasteiger partial charge < -0.3 is 9.64 Å². The van der Waals surface area contributed by atoms with E-state index in [0.717, 1.165) is 46.5 Å². The number of hydrogen-bond donors (Lipinski definition) is 1. The third kappa shape index (κ3) is 4.21. The Kier molecular flexibility index (Phi) is 6.17. The molecule has 1 aliphatic rings. The lowest BCUT2D eigenvalue weighted by molar-refractivity contribution is 0.0730. The van der Waals surface area contributed by atoms with Gasteiger partial charge in [-0.3, -0.25) is 9.89 Å². The lowest BCUT2D eigenvalue weighted by Crippen LogP contribution is -2.29. The number of amides is 1. The van der Waals surface area contributed by atoms with Crippen molar-refractivity contribution in [1.29, 1.82) is 0 Å². The monoisotopic (exact) mass is 451 g/mol. The molecule has 172 valence electrons. The number of nitrogens with one attached hydrogen (secondary N) is 1. The molecule has 3 aromatic carbocycles. The molecule has 0 aliphatic carbocycles. The molecule has 0 saturated carbocycles. The van der Waals surface area contributed by atoms with Gasteiger partial charge in [-0.25, -0.2) is 0 Å². The van der Waals surface area contributed by atoms with Crippen LogP contribution in [0.4, 0.5) is 0 Å². The van der Waals surface area contributed by atoms with Crippen LogP contribution in [0.5, 0.6) is 5.75 Å². The summed E-state index contributed by atoms with van der Waals surface area (Å²) in [4.78, 5) is 15.5. The quantitative estimate of drug-likeness (QED) is 0.319. The molecule has 1 unspecified atom stereocenters. The Labute approximate surface area is 200 Å². The molecule has 4 aromatic rings. The van der Waals surface area contributed by atoms with Crippen molar-refractivity contribution in [2.45, 2.75) is 39.3 Å². The Balaban J connectivity index is 1.59. The maximum absolute atomic E-state index is 13.6. The Morgan fingerprint density at radius 2 is 1.79 bits per heavy atom. The molecule has 1 aromatic heterocycles. The minimum absolute atomic E-state index is 0.0352. The summed E-state index contributed by atoms with van der Waals surface area (Å²) in [6.45, 7) is 5.42. The molecule has 1 aliphatic heterocycles. The van der Waals surface area contributed by atoms with E-state index in [2.05, 4.69) is 72.6 Å². The van der Waals surface area contributed by atoms with Crippen molar-refractivity contribution in [1.82, 2.24) is 15.1 Å². The first kappa shape index (κ1) is 22.0. The van der Waals surface area contributed by atoms with Crippen LogP contribution in [0.25, 0.3) is 11.3 Å². The maximum Gasteiger partial charge on any atom is 0.273 e. The van der Waals surface area contributed by atoms with E-state index in [9.17, 15) is 4.79 Å². The molecular weight excluding hydrogens is 422 g/mol. The second-order valence-corrected chi connectivity index (χ2v) is 8.82. The molecule has 1 atom stereocenters. The largest absolute Gasteiger partial charge is 0.494 e. The standard InChI is InChI=1S/C29H29N3O2/c1-3-4-17-34-24-12-8-11-23(18-24)28-25-26(22-15-13-20(2)14-16-22)30-31-27(25)29(33)32(28)19-21-9-6-5-7-10-21/h5-16,18,28H,3-4,17,19H2,1-2H3,(H,30,31). The van der Waals surface area contributed by atoms with Crippen molar-refractivity contribution < 1.29 is 9.53 Å². The molecule has 5 rings (SSSR count). The number of aryl methyl sites for hydroxylation is 1. The minimum atomic E-state index is -0.257. The van der Waals surface area contributed by atoms with Crippen LogP contribution in [0.3, 0.4) is 0 Å². The molecule has 5 heteroatoms. The Bertz CT molecular complexity index is 1280. The predicted molar refractivity (Wildman–Crippen MR) is 134 cm³/mol. The van der Waals surface area contributed by atoms with Gasteiger partial charge in [-0.1, -0.05) is 85.6 Å². The summed E-state index contributed by atoms with van der Waals surface area (Å²) in [5, 5.41) is 7.63. The summed E-state index contributed by atoms with van der Waals surface area (Å²) in [6, 6.07) is 26.3. The molecular formula is C29H29N3O2. The molecule has 0 fully saturated rings. The summed E-state index contributed by atoms with van der Waals surface area (Å²) in [6.07, 6.45) is 2.09. The number of carbonyl (C=O) groups excluding carboxylic acids is 1. The highest BCUT2D eigenvalue weighted by Gasteiger charge is 2.42. The molecule has 0 saturated heterocycles. The number of nitrogens with zero attached hydrogens (tertiary/aromatic N) is 2. The van der Waals surface area contributed by atoms with Crippen LogP contribution in [0.1, 0.15) is 58.5 Å². The first-order valence-electron chi connectivity index (χ1n) is 11.9. The molecule has 1 amide bonds. The van der Waals surface area contributed by atoms with Crippen LogP contribution in [0.2, 0.25) is 0 Å². The van der Waals surface area contributed by atoms with E-state index in [0.29, 0.717) is 18.8 Å². The zero-order valence-corrected chi connectivity index (χ0v) is 19.6. The highest BCUT2D eigenvalue weighted by Crippen LogP contribution is 2.44. The van der Waals surface area contributed by atoms with Gasteiger partial charge in [0.1, 0.15) is 11.4 Å². The fourth-order valence-corrected chi connectivity index (χ4v) is 4.53. The van der Waals surface area contributed by atoms with Crippen LogP contribution in [0, 0.1) is 6.92 Å². The van der Waals surface area contributed by atoms with Crippen molar-refractivity contribution in [2.75, 3.05) is 6.61 Å². The van der Waals surface area contributed by atoms with Crippen molar-refractivity contribution in [3.05, 3.63) is 107 Å². The Morgan fingerprint density at radius 1 is 1.00 bits per heavy atom. The number of aromatic nitrogens is 2. The molecule has 2 heterocycles. The van der Waals surface area contributed by atoms with Crippen molar-refractivity contribution in [2.24, 2.45) is 0 Å². The Morgan fingerprint density at radius 3 is 2.56 bits per heavy atom. The van der Waals surface area contributed by atoms with E-state index < -0.39 is 0 Å². The molecule has 0 spiro atoms. The fraction of sp³-hybridized carbons (Fsp3) is 0.241. The van der Waals surface area contributed by atoms with E-state index in [1.165, 1.54) is 5.56 Å². The number of rotatable bonds is 8. The number of unbranched alkanes of at least 4 members (excludes halogenated alkanes) is 1. The summed E-state index contributed by atoms with van der Waals surface area (Å²) in [5.41, 5.74) is 6.60. The number of aromatic amines is 1. The molecule has 0 bridgehead atoms. The van der Waals surface area contributed by atoms with Gasteiger partial charge in [0.2, 0.25) is 0 Å². The third-order valence-corrected chi connectivity index (χ3v) is 6.32. The zero-order valence-electron chi connectivity index (χ0n) is 19.6. The van der Waals surface area contributed by atoms with Gasteiger partial charge in [0, 0.05) is 17.7 Å². The van der Waals surface area contributed by atoms with Crippen molar-refractivity contribution >= 4 is 5.91 Å². The summed E-state index contributed by atoms with van der Waals surface area (Å²) in [5.74, 6) is 0.791. The van der Waals surface area contributed by atoms with E-state index >= 15 is 0 Å². The molecule has 1 N–H and O–H groups in total. The fourth-order valence-electron chi connectivity index (χ4n) is 4.53. The van der Waals surface area contributed by atoms with E-state index in [4.69, 9.17) is 4.74 Å². The maximum atomic E-state index is 13.6. The van der Waals surface area contributed by atoms with Gasteiger partial charge in [-0.15, -0.1) is 0 Å². The van der Waals surface area contributed by atoms with Gasteiger partial charge in [0.25, 0.3) is 5.91 Å². The lowest BCUT2D eigenvalue weighted by Gasteiger charge is -2.27. The smallest absolute Gasteiger partial charge is 0.273 e. The number of benzene rings is 3. The lowest BCUT2D eigenvalue weighted by atomic mass is 9.95. The average Bonchev–Trinajstić information content (AvgIpc) is 3.40. The van der Waals surface area contributed by atoms with E-state index in [1.54, 1.807) is 0 Å². The zero-order chi connectivity index (χ0) is 23.5. The molecule has 0 radical (unpaired) electrons. The summed E-state index contributed by atoms with van der Waals surface area (Å²) in [7, 11) is 0. The predicted octanol–water partition coefficient (Wildman–Crippen LogP) is 6.31. The second-order valence-electron chi connectivity index (χ2n) is 8.82. The van der Waals surface area contributed by atoms with Crippen LogP contribution < -0.4 is 4.74 Å². The van der Waals surface area contributed by atoms with Crippen LogP contribution >= 0.6 is 0 Å². The van der Waals surface area contributed by atoms with Crippen molar-refractivity contribution in [3.63, 3.8) is 0 Å². The van der Waals surface area contributed by atoms with Gasteiger partial charge >= 0.3 is 0 Å². The minimum Gasteiger partial charge on any atom is -0.494 e. The highest BCUT2D eigenvalue weighted by atomic mass is 16.5. The summed E-state index contributed by atoms with van der Waals surface area (Å²) >= 11 is 0. The number of ether oxygens (including phenoxy) is 1. The van der Waals surface area contributed by atoms with Gasteiger partial charge in [-0.05, 0) is 36.6 Å². The van der Waals surface area contributed by atoms with Gasteiger partial charge in [0.05, 0.1) is 18.3 Å². The Hall–Kier alpha value is -3.86. The first-order chi connectivity index (χ1) is 16.7. The average molecular weight is 452 g/mol. The van der Waals surface area contributed by atoms with E-state index in [-0.39, 0.29) is 11.9 Å². The van der Waals surface area contributed by atoms with Gasteiger partial charge in [-0.2, -0.15) is 5.10 Å². The van der Waals surface area contributed by atoms with Crippen LogP contribution in [0.15, 0.2) is 78.9 Å². The number of hydrogen-bond acceptors (Lipinski definition) is 3. The highest BCUT2D eigenvalue weighted by molar-refractivity contribution is 6.00. The summed E-state index contributed by atoms with van der Waals surface area (Å²) < 4.78 is 6.00. The molecule has 34 heavy (non-hydrogen) atoms. The number of fused-ring (bicyclic) bond motifs is 1. The topological polar surface area (TPSA) is 58.2 Å². The molecule has 5 nitrogen and oxygen atoms in total. The SMILES string of the molecule is CCCCOc1cccc(C2c3c(-c4ccc(C)cc4)n[nH]c3C(=O)N2Cc2ccccc2)c1. The number of H-pyrrole nitrogens is 1. The van der Waals surface area contributed by atoms with E-state index in [1.807, 2.05) is 35.2 Å². The van der Waals surface area contributed by atoms with Crippen LogP contribution in [-0.4, -0.2) is 27.6 Å². The van der Waals surface area contributed by atoms with Crippen LogP contribution in [-0.2, 0) is 6.54 Å². The first-order valence-corrected chi connectivity index (χ1v) is 11.9. The van der Waals surface area contributed by atoms with Crippen molar-refractivity contribution in [3.8, 4) is 17.0 Å².